The summed E-state index contributed by atoms with van der Waals surface area (Å²) in [5.41, 5.74) is 1.37. The van der Waals surface area contributed by atoms with Crippen LogP contribution in [0.15, 0.2) is 54.6 Å². The third-order valence-electron chi connectivity index (χ3n) is 5.29. The maximum atomic E-state index is 12.7. The number of halogens is 1. The zero-order valence-electron chi connectivity index (χ0n) is 16.8. The van der Waals surface area contributed by atoms with Crippen LogP contribution in [0.2, 0.25) is 5.02 Å². The maximum Gasteiger partial charge on any atom is 0.253 e. The van der Waals surface area contributed by atoms with Crippen LogP contribution in [-0.2, 0) is 4.79 Å². The van der Waals surface area contributed by atoms with Crippen LogP contribution >= 0.6 is 11.6 Å². The summed E-state index contributed by atoms with van der Waals surface area (Å²) in [6.07, 6.45) is 2.72. The molecule has 154 valence electrons. The SMILES string of the molecule is CCCN(CC(=O)Nc1ccccc1Cl)C1CCN(C(=O)c2ccccc2)CC1. The molecule has 29 heavy (non-hydrogen) atoms. The van der Waals surface area contributed by atoms with Gasteiger partial charge in [0.2, 0.25) is 5.91 Å². The van der Waals surface area contributed by atoms with E-state index in [9.17, 15) is 9.59 Å². The Bertz CT molecular complexity index is 820. The van der Waals surface area contributed by atoms with Crippen LogP contribution < -0.4 is 5.32 Å². The van der Waals surface area contributed by atoms with E-state index in [0.29, 0.717) is 36.4 Å². The monoisotopic (exact) mass is 413 g/mol. The lowest BCUT2D eigenvalue weighted by molar-refractivity contribution is -0.118. The predicted octanol–water partition coefficient (Wildman–Crippen LogP) is 4.30. The number of nitrogens with one attached hydrogen (secondary N) is 1. The first-order valence-electron chi connectivity index (χ1n) is 10.2. The van der Waals surface area contributed by atoms with Gasteiger partial charge < -0.3 is 10.2 Å². The molecule has 1 aliphatic heterocycles. The van der Waals surface area contributed by atoms with Gasteiger partial charge in [-0.15, -0.1) is 0 Å². The van der Waals surface area contributed by atoms with Gasteiger partial charge >= 0.3 is 0 Å². The fraction of sp³-hybridized carbons (Fsp3) is 0.391. The second-order valence-corrected chi connectivity index (χ2v) is 7.80. The number of rotatable bonds is 7. The van der Waals surface area contributed by atoms with E-state index in [1.807, 2.05) is 47.4 Å². The van der Waals surface area contributed by atoms with Crippen LogP contribution in [0.25, 0.3) is 0 Å². The first kappa shape index (κ1) is 21.3. The second-order valence-electron chi connectivity index (χ2n) is 7.39. The molecule has 0 spiro atoms. The summed E-state index contributed by atoms with van der Waals surface area (Å²) in [5, 5.41) is 3.45. The zero-order valence-corrected chi connectivity index (χ0v) is 17.6. The number of hydrogen-bond acceptors (Lipinski definition) is 3. The molecule has 1 fully saturated rings. The smallest absolute Gasteiger partial charge is 0.253 e. The average Bonchev–Trinajstić information content (AvgIpc) is 2.75. The Morgan fingerprint density at radius 1 is 1.07 bits per heavy atom. The highest BCUT2D eigenvalue weighted by Crippen LogP contribution is 2.22. The van der Waals surface area contributed by atoms with E-state index in [2.05, 4.69) is 17.1 Å². The van der Waals surface area contributed by atoms with E-state index in [0.717, 1.165) is 31.4 Å². The average molecular weight is 414 g/mol. The van der Waals surface area contributed by atoms with Crippen molar-refractivity contribution in [2.75, 3.05) is 31.5 Å². The topological polar surface area (TPSA) is 52.7 Å². The van der Waals surface area contributed by atoms with Crippen molar-refractivity contribution in [2.45, 2.75) is 32.2 Å². The standard InChI is InChI=1S/C23H28ClN3O2/c1-2-14-27(17-22(28)25-21-11-7-6-10-20(21)24)19-12-15-26(16-13-19)23(29)18-8-4-3-5-9-18/h3-11,19H,2,12-17H2,1H3,(H,25,28). The van der Waals surface area contributed by atoms with Crippen LogP contribution in [0, 0.1) is 0 Å². The second kappa shape index (κ2) is 10.4. The van der Waals surface area contributed by atoms with E-state index in [1.54, 1.807) is 12.1 Å². The van der Waals surface area contributed by atoms with E-state index >= 15 is 0 Å². The van der Waals surface area contributed by atoms with Gasteiger partial charge in [-0.25, -0.2) is 0 Å². The number of likely N-dealkylation sites (tertiary alicyclic amines) is 1. The van der Waals surface area contributed by atoms with Crippen molar-refractivity contribution in [3.8, 4) is 0 Å². The number of para-hydroxylation sites is 1. The molecule has 1 heterocycles. The molecule has 0 aliphatic carbocycles. The van der Waals surface area contributed by atoms with Gasteiger partial charge in [0.25, 0.3) is 5.91 Å². The summed E-state index contributed by atoms with van der Waals surface area (Å²) in [6.45, 7) is 4.73. The molecule has 3 rings (SSSR count). The van der Waals surface area contributed by atoms with Crippen molar-refractivity contribution >= 4 is 29.1 Å². The van der Waals surface area contributed by atoms with Crippen molar-refractivity contribution in [1.29, 1.82) is 0 Å². The van der Waals surface area contributed by atoms with Gasteiger partial charge in [0.15, 0.2) is 0 Å². The van der Waals surface area contributed by atoms with Gasteiger partial charge in [-0.2, -0.15) is 0 Å². The fourth-order valence-electron chi connectivity index (χ4n) is 3.81. The summed E-state index contributed by atoms with van der Waals surface area (Å²) in [4.78, 5) is 29.4. The van der Waals surface area contributed by atoms with Crippen molar-refractivity contribution in [3.63, 3.8) is 0 Å². The van der Waals surface area contributed by atoms with Crippen molar-refractivity contribution in [2.24, 2.45) is 0 Å². The lowest BCUT2D eigenvalue weighted by Gasteiger charge is -2.38. The van der Waals surface area contributed by atoms with Crippen molar-refractivity contribution in [1.82, 2.24) is 9.80 Å². The minimum Gasteiger partial charge on any atom is -0.339 e. The van der Waals surface area contributed by atoms with Crippen LogP contribution in [0.5, 0.6) is 0 Å². The number of carbonyl (C=O) groups excluding carboxylic acids is 2. The Hall–Kier alpha value is -2.37. The molecule has 0 bridgehead atoms. The van der Waals surface area contributed by atoms with Crippen LogP contribution in [0.3, 0.4) is 0 Å². The van der Waals surface area contributed by atoms with E-state index in [4.69, 9.17) is 11.6 Å². The number of nitrogens with zero attached hydrogens (tertiary/aromatic N) is 2. The Kier molecular flexibility index (Phi) is 7.67. The highest BCUT2D eigenvalue weighted by atomic mass is 35.5. The number of anilines is 1. The van der Waals surface area contributed by atoms with Gasteiger partial charge in [0.1, 0.15) is 0 Å². The molecule has 0 atom stereocenters. The van der Waals surface area contributed by atoms with E-state index in [1.165, 1.54) is 0 Å². The Labute approximate surface area is 177 Å². The van der Waals surface area contributed by atoms with E-state index in [-0.39, 0.29) is 11.8 Å². The summed E-state index contributed by atoms with van der Waals surface area (Å²) in [5.74, 6) is 0.0249. The van der Waals surface area contributed by atoms with E-state index < -0.39 is 0 Å². The molecule has 1 saturated heterocycles. The fourth-order valence-corrected chi connectivity index (χ4v) is 4.00. The van der Waals surface area contributed by atoms with Crippen LogP contribution in [0.1, 0.15) is 36.5 Å². The highest BCUT2D eigenvalue weighted by Gasteiger charge is 2.28. The molecule has 2 amide bonds. The van der Waals surface area contributed by atoms with Gasteiger partial charge in [-0.3, -0.25) is 14.5 Å². The molecule has 0 unspecified atom stereocenters. The summed E-state index contributed by atoms with van der Waals surface area (Å²) in [7, 11) is 0. The van der Waals surface area contributed by atoms with Gasteiger partial charge in [-0.1, -0.05) is 48.9 Å². The quantitative estimate of drug-likeness (QED) is 0.736. The summed E-state index contributed by atoms with van der Waals surface area (Å²) < 4.78 is 0. The lowest BCUT2D eigenvalue weighted by atomic mass is 10.0. The number of carbonyl (C=O) groups is 2. The molecular formula is C23H28ClN3O2. The molecule has 5 nitrogen and oxygen atoms in total. The summed E-state index contributed by atoms with van der Waals surface area (Å²) >= 11 is 6.15. The molecule has 1 aliphatic rings. The molecule has 0 aromatic heterocycles. The first-order chi connectivity index (χ1) is 14.1. The highest BCUT2D eigenvalue weighted by molar-refractivity contribution is 6.33. The molecule has 2 aromatic rings. The van der Waals surface area contributed by atoms with Crippen molar-refractivity contribution in [3.05, 3.63) is 65.2 Å². The van der Waals surface area contributed by atoms with Gasteiger partial charge in [-0.05, 0) is 50.1 Å². The Morgan fingerprint density at radius 3 is 2.38 bits per heavy atom. The van der Waals surface area contributed by atoms with Crippen LogP contribution in [0.4, 0.5) is 5.69 Å². The normalized spacial score (nSPS) is 14.8. The van der Waals surface area contributed by atoms with Crippen molar-refractivity contribution < 1.29 is 9.59 Å². The number of hydrogen-bond donors (Lipinski definition) is 1. The maximum absolute atomic E-state index is 12.7. The minimum atomic E-state index is -0.0608. The van der Waals surface area contributed by atoms with Gasteiger partial charge in [0, 0.05) is 24.7 Å². The molecule has 1 N–H and O–H groups in total. The molecule has 2 aromatic carbocycles. The number of benzene rings is 2. The number of amides is 2. The Balaban J connectivity index is 1.55. The lowest BCUT2D eigenvalue weighted by Crippen LogP contribution is -2.49. The molecular weight excluding hydrogens is 386 g/mol. The Morgan fingerprint density at radius 2 is 1.72 bits per heavy atom. The zero-order chi connectivity index (χ0) is 20.6. The van der Waals surface area contributed by atoms with Gasteiger partial charge in [0.05, 0.1) is 17.3 Å². The molecule has 0 radical (unpaired) electrons. The molecule has 6 heteroatoms. The summed E-state index contributed by atoms with van der Waals surface area (Å²) in [6, 6.07) is 17.0. The van der Waals surface area contributed by atoms with Crippen LogP contribution in [-0.4, -0.2) is 53.8 Å². The molecule has 0 saturated carbocycles. The first-order valence-corrected chi connectivity index (χ1v) is 10.6. The number of piperidine rings is 1. The largest absolute Gasteiger partial charge is 0.339 e. The predicted molar refractivity (Wildman–Crippen MR) is 117 cm³/mol. The minimum absolute atomic E-state index is 0.0608. The third kappa shape index (κ3) is 5.81. The third-order valence-corrected chi connectivity index (χ3v) is 5.62.